The summed E-state index contributed by atoms with van der Waals surface area (Å²) < 4.78 is 42.0. The number of aromatic nitrogens is 1. The van der Waals surface area contributed by atoms with Gasteiger partial charge in [0, 0.05) is 56.4 Å². The van der Waals surface area contributed by atoms with E-state index in [1.807, 2.05) is 62.3 Å². The van der Waals surface area contributed by atoms with Gasteiger partial charge in [0.2, 0.25) is 0 Å². The summed E-state index contributed by atoms with van der Waals surface area (Å²) in [5.41, 5.74) is 3.57. The fourth-order valence-electron chi connectivity index (χ4n) is 5.01. The summed E-state index contributed by atoms with van der Waals surface area (Å²) in [6, 6.07) is 19.1. The van der Waals surface area contributed by atoms with Crippen LogP contribution < -0.4 is 10.6 Å². The maximum atomic E-state index is 14.0. The highest BCUT2D eigenvalue weighted by Crippen LogP contribution is 2.35. The van der Waals surface area contributed by atoms with Crippen molar-refractivity contribution in [3.05, 3.63) is 89.0 Å². The number of nitrogens with zero attached hydrogens (tertiary/aromatic N) is 3. The highest BCUT2D eigenvalue weighted by molar-refractivity contribution is 6.05. The van der Waals surface area contributed by atoms with Crippen molar-refractivity contribution in [2.45, 2.75) is 19.6 Å². The van der Waals surface area contributed by atoms with Gasteiger partial charge in [0.1, 0.15) is 5.82 Å². The molecule has 0 atom stereocenters. The molecule has 40 heavy (non-hydrogen) atoms. The number of hydrogen-bond donors (Lipinski definition) is 2. The van der Waals surface area contributed by atoms with E-state index in [4.69, 9.17) is 0 Å². The number of carbonyl (C=O) groups is 1. The lowest BCUT2D eigenvalue weighted by Gasteiger charge is -2.33. The Balaban J connectivity index is 1.38. The van der Waals surface area contributed by atoms with Gasteiger partial charge in [-0.3, -0.25) is 9.69 Å². The predicted octanol–water partition coefficient (Wildman–Crippen LogP) is 6.27. The third-order valence-corrected chi connectivity index (χ3v) is 7.42. The number of fused-ring (bicyclic) bond motifs is 1. The van der Waals surface area contributed by atoms with Crippen molar-refractivity contribution in [3.63, 3.8) is 0 Å². The Morgan fingerprint density at radius 3 is 2.45 bits per heavy atom. The number of hydrogen-bond acceptors (Lipinski definition) is 5. The van der Waals surface area contributed by atoms with Gasteiger partial charge in [-0.15, -0.1) is 0 Å². The Hall–Kier alpha value is -3.95. The summed E-state index contributed by atoms with van der Waals surface area (Å²) >= 11 is 0. The lowest BCUT2D eigenvalue weighted by Crippen LogP contribution is -2.44. The SMILES string of the molecule is CNc1ccc2cc(-c3cc(C(=O)Nc4ccc(CN5CCN(C)CC5)c(C(F)(F)F)c4)ccc3C)ccc2n1. The molecule has 1 aliphatic heterocycles. The van der Waals surface area contributed by atoms with Gasteiger partial charge in [-0.05, 0) is 84.8 Å². The van der Waals surface area contributed by atoms with Crippen molar-refractivity contribution < 1.29 is 18.0 Å². The summed E-state index contributed by atoms with van der Waals surface area (Å²) in [5.74, 6) is 0.304. The molecule has 0 radical (unpaired) electrons. The molecule has 0 bridgehead atoms. The number of halogens is 3. The van der Waals surface area contributed by atoms with Crippen LogP contribution in [0.5, 0.6) is 0 Å². The van der Waals surface area contributed by atoms with Crippen LogP contribution in [-0.4, -0.2) is 61.0 Å². The quantitative estimate of drug-likeness (QED) is 0.298. The summed E-state index contributed by atoms with van der Waals surface area (Å²) in [5, 5.41) is 6.66. The number of pyridine rings is 1. The van der Waals surface area contributed by atoms with Crippen molar-refractivity contribution in [1.82, 2.24) is 14.8 Å². The van der Waals surface area contributed by atoms with Crippen LogP contribution >= 0.6 is 0 Å². The summed E-state index contributed by atoms with van der Waals surface area (Å²) in [6.45, 7) is 5.25. The number of benzene rings is 3. The molecule has 3 aromatic carbocycles. The highest BCUT2D eigenvalue weighted by atomic mass is 19.4. The largest absolute Gasteiger partial charge is 0.416 e. The number of carbonyl (C=O) groups excluding carboxylic acids is 1. The average Bonchev–Trinajstić information content (AvgIpc) is 2.94. The van der Waals surface area contributed by atoms with E-state index in [0.717, 1.165) is 52.6 Å². The van der Waals surface area contributed by atoms with Crippen LogP contribution in [0.25, 0.3) is 22.0 Å². The summed E-state index contributed by atoms with van der Waals surface area (Å²) in [6.07, 6.45) is -4.53. The zero-order valence-electron chi connectivity index (χ0n) is 22.8. The van der Waals surface area contributed by atoms with Crippen molar-refractivity contribution in [2.24, 2.45) is 0 Å². The third kappa shape index (κ3) is 6.11. The number of aryl methyl sites for hydroxylation is 1. The molecule has 5 rings (SSSR count). The zero-order valence-corrected chi connectivity index (χ0v) is 22.8. The van der Waals surface area contributed by atoms with Crippen molar-refractivity contribution in [2.75, 3.05) is 50.9 Å². The average molecular weight is 548 g/mol. The van der Waals surface area contributed by atoms with Crippen LogP contribution in [0.4, 0.5) is 24.7 Å². The number of piperazine rings is 1. The fraction of sp³-hybridized carbons (Fsp3) is 0.290. The van der Waals surface area contributed by atoms with Gasteiger partial charge in [0.15, 0.2) is 0 Å². The maximum Gasteiger partial charge on any atom is 0.416 e. The molecule has 4 aromatic rings. The Kier molecular flexibility index (Phi) is 7.78. The normalized spacial score (nSPS) is 14.8. The first kappa shape index (κ1) is 27.6. The van der Waals surface area contributed by atoms with Crippen LogP contribution in [0.3, 0.4) is 0 Å². The monoisotopic (exact) mass is 547 g/mol. The molecule has 1 amide bonds. The van der Waals surface area contributed by atoms with Gasteiger partial charge in [0.25, 0.3) is 5.91 Å². The molecule has 6 nitrogen and oxygen atoms in total. The van der Waals surface area contributed by atoms with Gasteiger partial charge in [0.05, 0.1) is 11.1 Å². The van der Waals surface area contributed by atoms with E-state index in [9.17, 15) is 18.0 Å². The second-order valence-electron chi connectivity index (χ2n) is 10.3. The van der Waals surface area contributed by atoms with Crippen LogP contribution in [0.1, 0.15) is 27.0 Å². The lowest BCUT2D eigenvalue weighted by atomic mass is 9.96. The Morgan fingerprint density at radius 2 is 1.73 bits per heavy atom. The van der Waals surface area contributed by atoms with E-state index in [-0.39, 0.29) is 17.8 Å². The molecule has 9 heteroatoms. The minimum Gasteiger partial charge on any atom is -0.373 e. The van der Waals surface area contributed by atoms with Gasteiger partial charge >= 0.3 is 6.18 Å². The predicted molar refractivity (Wildman–Crippen MR) is 154 cm³/mol. The van der Waals surface area contributed by atoms with Crippen molar-refractivity contribution >= 4 is 28.3 Å². The first-order valence-electron chi connectivity index (χ1n) is 13.2. The number of likely N-dealkylation sites (N-methyl/N-ethyl adjacent to an activating group) is 1. The van der Waals surface area contributed by atoms with E-state index in [0.29, 0.717) is 18.7 Å². The number of amides is 1. The Bertz CT molecular complexity index is 1540. The molecule has 1 aromatic heterocycles. The van der Waals surface area contributed by atoms with Crippen molar-refractivity contribution in [3.8, 4) is 11.1 Å². The smallest absolute Gasteiger partial charge is 0.373 e. The fourth-order valence-corrected chi connectivity index (χ4v) is 5.01. The standard InChI is InChI=1S/C31H32F3N5O/c1-20-4-5-23(17-26(20)21-7-10-28-22(16-21)8-11-29(35-2)37-28)30(40)36-25-9-6-24(27(18-25)31(32,33)34)19-39-14-12-38(3)13-15-39/h4-11,16-18H,12-15,19H2,1-3H3,(H,35,37)(H,36,40). The molecule has 0 unspecified atom stereocenters. The summed E-state index contributed by atoms with van der Waals surface area (Å²) in [7, 11) is 3.82. The second-order valence-corrected chi connectivity index (χ2v) is 10.3. The van der Waals surface area contributed by atoms with E-state index in [1.54, 1.807) is 18.2 Å². The lowest BCUT2D eigenvalue weighted by molar-refractivity contribution is -0.138. The number of nitrogens with one attached hydrogen (secondary N) is 2. The van der Waals surface area contributed by atoms with E-state index in [2.05, 4.69) is 20.5 Å². The maximum absolute atomic E-state index is 14.0. The summed E-state index contributed by atoms with van der Waals surface area (Å²) in [4.78, 5) is 21.9. The molecular weight excluding hydrogens is 515 g/mol. The molecular formula is C31H32F3N5O. The Morgan fingerprint density at radius 1 is 0.950 bits per heavy atom. The van der Waals surface area contributed by atoms with E-state index >= 15 is 0 Å². The van der Waals surface area contributed by atoms with Gasteiger partial charge in [-0.1, -0.05) is 18.2 Å². The minimum absolute atomic E-state index is 0.110. The van der Waals surface area contributed by atoms with Crippen LogP contribution in [-0.2, 0) is 12.7 Å². The highest BCUT2D eigenvalue weighted by Gasteiger charge is 2.34. The minimum atomic E-state index is -4.53. The Labute approximate surface area is 231 Å². The number of alkyl halides is 3. The van der Waals surface area contributed by atoms with Gasteiger partial charge < -0.3 is 15.5 Å². The number of rotatable bonds is 6. The van der Waals surface area contributed by atoms with E-state index < -0.39 is 17.6 Å². The molecule has 0 spiro atoms. The first-order valence-corrected chi connectivity index (χ1v) is 13.2. The molecule has 1 aliphatic rings. The third-order valence-electron chi connectivity index (χ3n) is 7.42. The number of anilines is 2. The molecule has 2 heterocycles. The molecule has 0 saturated carbocycles. The second kappa shape index (κ2) is 11.3. The first-order chi connectivity index (χ1) is 19.1. The van der Waals surface area contributed by atoms with Crippen molar-refractivity contribution in [1.29, 1.82) is 0 Å². The molecule has 2 N–H and O–H groups in total. The van der Waals surface area contributed by atoms with E-state index in [1.165, 1.54) is 6.07 Å². The molecule has 1 saturated heterocycles. The topological polar surface area (TPSA) is 60.5 Å². The zero-order chi connectivity index (χ0) is 28.4. The van der Waals surface area contributed by atoms with Crippen LogP contribution in [0.15, 0.2) is 66.7 Å². The van der Waals surface area contributed by atoms with Crippen LogP contribution in [0, 0.1) is 6.92 Å². The van der Waals surface area contributed by atoms with Gasteiger partial charge in [-0.2, -0.15) is 13.2 Å². The molecule has 208 valence electrons. The molecule has 1 fully saturated rings. The molecule has 0 aliphatic carbocycles. The van der Waals surface area contributed by atoms with Crippen LogP contribution in [0.2, 0.25) is 0 Å². The van der Waals surface area contributed by atoms with Gasteiger partial charge in [-0.25, -0.2) is 4.98 Å².